The summed E-state index contributed by atoms with van der Waals surface area (Å²) >= 11 is 1.40. The summed E-state index contributed by atoms with van der Waals surface area (Å²) in [6.07, 6.45) is 0. The maximum absolute atomic E-state index is 11.8. The Balaban J connectivity index is 1.73. The van der Waals surface area contributed by atoms with Gasteiger partial charge in [-0.15, -0.1) is 11.8 Å². The molecular weight excluding hydrogens is 350 g/mol. The second kappa shape index (κ2) is 9.49. The van der Waals surface area contributed by atoms with Crippen molar-refractivity contribution in [3.8, 4) is 11.8 Å². The normalized spacial score (nSPS) is 9.88. The first kappa shape index (κ1) is 19.3. The summed E-state index contributed by atoms with van der Waals surface area (Å²) in [4.78, 5) is 24.6. The number of nitrogens with one attached hydrogen (secondary N) is 2. The van der Waals surface area contributed by atoms with E-state index in [2.05, 4.69) is 16.9 Å². The summed E-state index contributed by atoms with van der Waals surface area (Å²) in [6, 6.07) is 14.6. The third-order valence-corrected chi connectivity index (χ3v) is 4.57. The topological polar surface area (TPSA) is 91.2 Å². The zero-order valence-corrected chi connectivity index (χ0v) is 15.4. The second-order valence-electron chi connectivity index (χ2n) is 5.55. The molecule has 0 unspecified atom stereocenters. The first-order valence-corrected chi connectivity index (χ1v) is 8.88. The van der Waals surface area contributed by atoms with Crippen molar-refractivity contribution in [2.24, 2.45) is 0 Å². The van der Waals surface area contributed by atoms with Crippen molar-refractivity contribution >= 4 is 23.6 Å². The van der Waals surface area contributed by atoms with Crippen LogP contribution in [0.4, 0.5) is 0 Å². The third kappa shape index (κ3) is 5.83. The molecule has 0 radical (unpaired) electrons. The molecule has 0 bridgehead atoms. The van der Waals surface area contributed by atoms with E-state index < -0.39 is 5.91 Å². The van der Waals surface area contributed by atoms with Crippen LogP contribution in [0.2, 0.25) is 0 Å². The molecule has 0 aliphatic rings. The standard InChI is InChI=1S/C19H19N3O3S/c1-13-7-8-17(14(2)9-13)26-12-19(24)22-21-18(23)11-25-16-6-4-3-5-15(16)10-20/h3-9H,11-12H2,1-2H3,(H,21,23)(H,22,24). The number of ether oxygens (including phenoxy) is 1. The van der Waals surface area contributed by atoms with Gasteiger partial charge >= 0.3 is 0 Å². The van der Waals surface area contributed by atoms with E-state index in [0.29, 0.717) is 11.3 Å². The van der Waals surface area contributed by atoms with Crippen LogP contribution < -0.4 is 15.6 Å². The highest BCUT2D eigenvalue weighted by Crippen LogP contribution is 2.22. The van der Waals surface area contributed by atoms with Gasteiger partial charge in [-0.3, -0.25) is 20.4 Å². The van der Waals surface area contributed by atoms with Crippen molar-refractivity contribution in [3.63, 3.8) is 0 Å². The Labute approximate surface area is 156 Å². The minimum absolute atomic E-state index is 0.183. The Kier molecular flexibility index (Phi) is 7.06. The van der Waals surface area contributed by atoms with Gasteiger partial charge in [0.1, 0.15) is 11.8 Å². The van der Waals surface area contributed by atoms with Gasteiger partial charge in [-0.2, -0.15) is 5.26 Å². The van der Waals surface area contributed by atoms with Crippen LogP contribution in [0.5, 0.6) is 5.75 Å². The zero-order valence-electron chi connectivity index (χ0n) is 14.5. The lowest BCUT2D eigenvalue weighted by molar-refractivity contribution is -0.128. The lowest BCUT2D eigenvalue weighted by Crippen LogP contribution is -2.44. The predicted molar refractivity (Wildman–Crippen MR) is 99.6 cm³/mol. The molecule has 0 spiro atoms. The third-order valence-electron chi connectivity index (χ3n) is 3.40. The highest BCUT2D eigenvalue weighted by molar-refractivity contribution is 8.00. The van der Waals surface area contributed by atoms with Crippen LogP contribution in [0.1, 0.15) is 16.7 Å². The van der Waals surface area contributed by atoms with E-state index in [-0.39, 0.29) is 18.3 Å². The van der Waals surface area contributed by atoms with Gasteiger partial charge in [0, 0.05) is 4.90 Å². The molecule has 0 fully saturated rings. The number of rotatable bonds is 6. The van der Waals surface area contributed by atoms with Gasteiger partial charge in [-0.05, 0) is 37.6 Å². The number of hydrogen-bond donors (Lipinski definition) is 2. The smallest absolute Gasteiger partial charge is 0.276 e. The minimum atomic E-state index is -0.511. The summed E-state index contributed by atoms with van der Waals surface area (Å²) in [5.41, 5.74) is 7.25. The van der Waals surface area contributed by atoms with Crippen LogP contribution in [0.3, 0.4) is 0 Å². The molecule has 2 rings (SSSR count). The van der Waals surface area contributed by atoms with Gasteiger partial charge in [0.2, 0.25) is 5.91 Å². The van der Waals surface area contributed by atoms with Crippen molar-refractivity contribution in [2.45, 2.75) is 18.7 Å². The number of amides is 2. The summed E-state index contributed by atoms with van der Waals surface area (Å²) in [6.45, 7) is 3.70. The number of hydrazine groups is 1. The van der Waals surface area contributed by atoms with Gasteiger partial charge in [-0.1, -0.05) is 29.8 Å². The minimum Gasteiger partial charge on any atom is -0.482 e. The number of aryl methyl sites for hydroxylation is 2. The quantitative estimate of drug-likeness (QED) is 0.603. The van der Waals surface area contributed by atoms with Crippen molar-refractivity contribution in [3.05, 3.63) is 59.2 Å². The van der Waals surface area contributed by atoms with Crippen molar-refractivity contribution < 1.29 is 14.3 Å². The number of nitriles is 1. The number of benzene rings is 2. The van der Waals surface area contributed by atoms with Gasteiger partial charge in [0.05, 0.1) is 11.3 Å². The molecule has 2 aromatic carbocycles. The van der Waals surface area contributed by atoms with Gasteiger partial charge in [0.25, 0.3) is 5.91 Å². The molecule has 0 saturated carbocycles. The Morgan fingerprint density at radius 3 is 2.58 bits per heavy atom. The van der Waals surface area contributed by atoms with E-state index >= 15 is 0 Å². The van der Waals surface area contributed by atoms with Crippen molar-refractivity contribution in [1.29, 1.82) is 5.26 Å². The van der Waals surface area contributed by atoms with E-state index in [1.54, 1.807) is 24.3 Å². The average Bonchev–Trinajstić information content (AvgIpc) is 2.64. The van der Waals surface area contributed by atoms with Gasteiger partial charge in [-0.25, -0.2) is 0 Å². The first-order chi connectivity index (χ1) is 12.5. The van der Waals surface area contributed by atoms with Crippen LogP contribution in [-0.4, -0.2) is 24.2 Å². The molecule has 0 saturated heterocycles. The molecule has 0 aliphatic heterocycles. The highest BCUT2D eigenvalue weighted by Gasteiger charge is 2.09. The fourth-order valence-corrected chi connectivity index (χ4v) is 2.95. The van der Waals surface area contributed by atoms with Gasteiger partial charge < -0.3 is 4.74 Å². The molecule has 0 heterocycles. The maximum atomic E-state index is 11.8. The number of nitrogens with zero attached hydrogens (tertiary/aromatic N) is 1. The van der Waals surface area contributed by atoms with Crippen LogP contribution in [0, 0.1) is 25.2 Å². The molecular formula is C19H19N3O3S. The molecule has 0 aliphatic carbocycles. The van der Waals surface area contributed by atoms with Crippen molar-refractivity contribution in [1.82, 2.24) is 10.9 Å². The van der Waals surface area contributed by atoms with E-state index in [1.165, 1.54) is 17.3 Å². The number of carbonyl (C=O) groups excluding carboxylic acids is 2. The van der Waals surface area contributed by atoms with Crippen LogP contribution >= 0.6 is 11.8 Å². The molecule has 0 atom stereocenters. The molecule has 0 aromatic heterocycles. The zero-order chi connectivity index (χ0) is 18.9. The Bertz CT molecular complexity index is 846. The van der Waals surface area contributed by atoms with Crippen LogP contribution in [0.15, 0.2) is 47.4 Å². The second-order valence-corrected chi connectivity index (χ2v) is 6.57. The summed E-state index contributed by atoms with van der Waals surface area (Å²) < 4.78 is 5.29. The maximum Gasteiger partial charge on any atom is 0.276 e. The molecule has 2 aromatic rings. The largest absolute Gasteiger partial charge is 0.482 e. The summed E-state index contributed by atoms with van der Waals surface area (Å²) in [5.74, 6) is -0.326. The molecule has 26 heavy (non-hydrogen) atoms. The molecule has 7 heteroatoms. The number of thioether (sulfide) groups is 1. The Hall–Kier alpha value is -2.98. The summed E-state index contributed by atoms with van der Waals surface area (Å²) in [7, 11) is 0. The summed E-state index contributed by atoms with van der Waals surface area (Å²) in [5, 5.41) is 8.96. The van der Waals surface area contributed by atoms with Crippen LogP contribution in [-0.2, 0) is 9.59 Å². The monoisotopic (exact) mass is 369 g/mol. The fourth-order valence-electron chi connectivity index (χ4n) is 2.14. The number of hydrogen-bond acceptors (Lipinski definition) is 5. The average molecular weight is 369 g/mol. The Morgan fingerprint density at radius 1 is 1.12 bits per heavy atom. The molecule has 6 nitrogen and oxygen atoms in total. The van der Waals surface area contributed by atoms with E-state index in [4.69, 9.17) is 10.00 Å². The van der Waals surface area contributed by atoms with Gasteiger partial charge in [0.15, 0.2) is 6.61 Å². The SMILES string of the molecule is Cc1ccc(SCC(=O)NNC(=O)COc2ccccc2C#N)c(C)c1. The van der Waals surface area contributed by atoms with Crippen LogP contribution in [0.25, 0.3) is 0 Å². The van der Waals surface area contributed by atoms with Crippen molar-refractivity contribution in [2.75, 3.05) is 12.4 Å². The lowest BCUT2D eigenvalue weighted by Gasteiger charge is -2.10. The van der Waals surface area contributed by atoms with E-state index in [1.807, 2.05) is 32.0 Å². The van der Waals surface area contributed by atoms with E-state index in [0.717, 1.165) is 10.5 Å². The number of carbonyl (C=O) groups is 2. The molecule has 2 amide bonds. The first-order valence-electron chi connectivity index (χ1n) is 7.89. The molecule has 2 N–H and O–H groups in total. The molecule has 134 valence electrons. The highest BCUT2D eigenvalue weighted by atomic mass is 32.2. The Morgan fingerprint density at radius 2 is 1.85 bits per heavy atom. The predicted octanol–water partition coefficient (Wildman–Crippen LogP) is 2.49. The fraction of sp³-hybridized carbons (Fsp3) is 0.211. The van der Waals surface area contributed by atoms with E-state index in [9.17, 15) is 9.59 Å². The number of para-hydroxylation sites is 1. The lowest BCUT2D eigenvalue weighted by atomic mass is 10.2.